The van der Waals surface area contributed by atoms with Crippen LogP contribution in [0, 0.1) is 11.8 Å². The summed E-state index contributed by atoms with van der Waals surface area (Å²) < 4.78 is 1.72. The maximum atomic E-state index is 12.8. The molecule has 3 heterocycles. The van der Waals surface area contributed by atoms with E-state index in [9.17, 15) is 4.79 Å². The maximum Gasteiger partial charge on any atom is 0.224 e. The van der Waals surface area contributed by atoms with Crippen LogP contribution in [-0.2, 0) is 11.3 Å². The molecule has 0 aliphatic carbocycles. The Balaban J connectivity index is 1.52. The number of nitrogens with zero attached hydrogens (tertiary/aromatic N) is 4. The van der Waals surface area contributed by atoms with Gasteiger partial charge in [-0.1, -0.05) is 30.3 Å². The first kappa shape index (κ1) is 14.4. The summed E-state index contributed by atoms with van der Waals surface area (Å²) in [7, 11) is 0. The highest BCUT2D eigenvalue weighted by molar-refractivity contribution is 5.77. The summed E-state index contributed by atoms with van der Waals surface area (Å²) in [6.45, 7) is 3.45. The Morgan fingerprint density at radius 1 is 1.26 bits per heavy atom. The molecule has 0 saturated carbocycles. The van der Waals surface area contributed by atoms with E-state index in [4.69, 9.17) is 0 Å². The second kappa shape index (κ2) is 6.12. The van der Waals surface area contributed by atoms with Crippen LogP contribution in [0.3, 0.4) is 0 Å². The van der Waals surface area contributed by atoms with Crippen LogP contribution in [0.5, 0.6) is 0 Å². The molecule has 6 heteroatoms. The fourth-order valence-electron chi connectivity index (χ4n) is 3.96. The van der Waals surface area contributed by atoms with Crippen LogP contribution in [0.25, 0.3) is 0 Å². The topological polar surface area (TPSA) is 63.1 Å². The summed E-state index contributed by atoms with van der Waals surface area (Å²) in [5, 5.41) is 7.55. The summed E-state index contributed by atoms with van der Waals surface area (Å²) in [5.74, 6) is 1.30. The number of benzene rings is 1. The van der Waals surface area contributed by atoms with Gasteiger partial charge in [-0.05, 0) is 11.5 Å². The predicted octanol–water partition coefficient (Wildman–Crippen LogP) is 1.09. The molecule has 4 rings (SSSR count). The van der Waals surface area contributed by atoms with Gasteiger partial charge in [0.2, 0.25) is 5.91 Å². The quantitative estimate of drug-likeness (QED) is 0.918. The fourth-order valence-corrected chi connectivity index (χ4v) is 3.96. The number of nitrogens with one attached hydrogen (secondary N) is 1. The number of fused-ring (bicyclic) bond motifs is 1. The summed E-state index contributed by atoms with van der Waals surface area (Å²) >= 11 is 0. The van der Waals surface area contributed by atoms with Crippen molar-refractivity contribution in [2.75, 3.05) is 19.6 Å². The average molecular weight is 311 g/mol. The largest absolute Gasteiger partial charge is 0.335 e. The summed E-state index contributed by atoms with van der Waals surface area (Å²) in [5.41, 5.74) is 1.25. The van der Waals surface area contributed by atoms with Gasteiger partial charge in [-0.25, -0.2) is 4.98 Å². The number of hydrogen-bond donors (Lipinski definition) is 1. The highest BCUT2D eigenvalue weighted by Gasteiger charge is 2.46. The molecule has 120 valence electrons. The molecule has 3 atom stereocenters. The first-order valence-electron chi connectivity index (χ1n) is 8.20. The van der Waals surface area contributed by atoms with Gasteiger partial charge in [0.15, 0.2) is 0 Å². The molecule has 1 amide bonds. The molecule has 23 heavy (non-hydrogen) atoms. The van der Waals surface area contributed by atoms with Crippen molar-refractivity contribution in [1.29, 1.82) is 0 Å². The average Bonchev–Trinajstić information content (AvgIpc) is 3.29. The van der Waals surface area contributed by atoms with Crippen LogP contribution < -0.4 is 5.32 Å². The Hall–Kier alpha value is -2.21. The second-order valence-corrected chi connectivity index (χ2v) is 6.39. The monoisotopic (exact) mass is 311 g/mol. The van der Waals surface area contributed by atoms with E-state index in [1.165, 1.54) is 11.9 Å². The molecule has 2 aromatic rings. The number of likely N-dealkylation sites (tertiary alicyclic amines) is 1. The van der Waals surface area contributed by atoms with E-state index in [0.29, 0.717) is 24.8 Å². The number of aryl methyl sites for hydroxylation is 1. The van der Waals surface area contributed by atoms with Gasteiger partial charge in [-0.3, -0.25) is 9.48 Å². The lowest BCUT2D eigenvalue weighted by molar-refractivity contribution is -0.133. The van der Waals surface area contributed by atoms with E-state index in [2.05, 4.69) is 44.6 Å². The van der Waals surface area contributed by atoms with E-state index in [1.54, 1.807) is 11.0 Å². The molecule has 1 aromatic carbocycles. The Labute approximate surface area is 135 Å². The lowest BCUT2D eigenvalue weighted by atomic mass is 9.89. The van der Waals surface area contributed by atoms with Crippen molar-refractivity contribution >= 4 is 5.91 Å². The molecule has 0 unspecified atom stereocenters. The minimum Gasteiger partial charge on any atom is -0.335 e. The highest BCUT2D eigenvalue weighted by Crippen LogP contribution is 2.42. The van der Waals surface area contributed by atoms with Crippen molar-refractivity contribution in [3.05, 3.63) is 48.5 Å². The van der Waals surface area contributed by atoms with Crippen molar-refractivity contribution in [2.24, 2.45) is 11.8 Å². The van der Waals surface area contributed by atoms with E-state index in [1.807, 2.05) is 6.07 Å². The third-order valence-electron chi connectivity index (χ3n) is 5.05. The minimum absolute atomic E-state index is 0.194. The number of carbonyl (C=O) groups excluding carboxylic acids is 1. The molecule has 2 aliphatic rings. The van der Waals surface area contributed by atoms with E-state index in [-0.39, 0.29) is 11.9 Å². The third-order valence-corrected chi connectivity index (χ3v) is 5.05. The zero-order chi connectivity index (χ0) is 15.6. The second-order valence-electron chi connectivity index (χ2n) is 6.39. The van der Waals surface area contributed by atoms with Crippen molar-refractivity contribution in [3.8, 4) is 0 Å². The molecular formula is C17H21N5O. The molecule has 0 spiro atoms. The van der Waals surface area contributed by atoms with Crippen LogP contribution in [0.2, 0.25) is 0 Å². The van der Waals surface area contributed by atoms with Gasteiger partial charge in [0.05, 0.1) is 12.6 Å². The predicted molar refractivity (Wildman–Crippen MR) is 85.4 cm³/mol. The minimum atomic E-state index is 0.194. The first-order chi connectivity index (χ1) is 11.3. The highest BCUT2D eigenvalue weighted by atomic mass is 16.2. The van der Waals surface area contributed by atoms with Crippen molar-refractivity contribution in [3.63, 3.8) is 0 Å². The molecule has 6 nitrogen and oxygen atoms in total. The summed E-state index contributed by atoms with van der Waals surface area (Å²) in [4.78, 5) is 18.8. The molecule has 1 aromatic heterocycles. The number of hydrogen-bond acceptors (Lipinski definition) is 4. The normalized spacial score (nSPS) is 26.4. The molecule has 2 saturated heterocycles. The Morgan fingerprint density at radius 2 is 2.13 bits per heavy atom. The zero-order valence-electron chi connectivity index (χ0n) is 13.0. The SMILES string of the molecule is O=C(CCn1cncn1)N1C[C@@H]2CNC[C@@H]2[C@H]1c1ccccc1. The third kappa shape index (κ3) is 2.74. The van der Waals surface area contributed by atoms with Gasteiger partial charge < -0.3 is 10.2 Å². The van der Waals surface area contributed by atoms with E-state index in [0.717, 1.165) is 19.6 Å². The fraction of sp³-hybridized carbons (Fsp3) is 0.471. The molecule has 0 bridgehead atoms. The number of aromatic nitrogens is 3. The maximum absolute atomic E-state index is 12.8. The molecule has 0 radical (unpaired) electrons. The zero-order valence-corrected chi connectivity index (χ0v) is 13.0. The first-order valence-corrected chi connectivity index (χ1v) is 8.20. The van der Waals surface area contributed by atoms with Gasteiger partial charge in [0.1, 0.15) is 12.7 Å². The smallest absolute Gasteiger partial charge is 0.224 e. The Kier molecular flexibility index (Phi) is 3.83. The summed E-state index contributed by atoms with van der Waals surface area (Å²) in [6, 6.07) is 10.6. The number of rotatable bonds is 4. The van der Waals surface area contributed by atoms with Gasteiger partial charge >= 0.3 is 0 Å². The van der Waals surface area contributed by atoms with Crippen LogP contribution in [0.1, 0.15) is 18.0 Å². The number of carbonyl (C=O) groups is 1. The van der Waals surface area contributed by atoms with E-state index < -0.39 is 0 Å². The van der Waals surface area contributed by atoms with Gasteiger partial charge in [0, 0.05) is 32.0 Å². The van der Waals surface area contributed by atoms with Crippen molar-refractivity contribution < 1.29 is 4.79 Å². The lowest BCUT2D eigenvalue weighted by Crippen LogP contribution is -2.35. The van der Waals surface area contributed by atoms with Crippen LogP contribution in [0.15, 0.2) is 43.0 Å². The van der Waals surface area contributed by atoms with Crippen molar-refractivity contribution in [2.45, 2.75) is 19.0 Å². The Morgan fingerprint density at radius 3 is 2.91 bits per heavy atom. The Bertz CT molecular complexity index is 657. The molecule has 2 fully saturated rings. The van der Waals surface area contributed by atoms with Crippen LogP contribution >= 0.6 is 0 Å². The standard InChI is InChI=1S/C17H21N5O/c23-16(6-7-21-12-19-11-20-21)22-10-14-8-18-9-15(14)17(22)13-4-2-1-3-5-13/h1-5,11-12,14-15,17-18H,6-10H2/t14-,15-,17+/m0/s1. The van der Waals surface area contributed by atoms with Gasteiger partial charge in [0.25, 0.3) is 0 Å². The van der Waals surface area contributed by atoms with Gasteiger partial charge in [-0.15, -0.1) is 0 Å². The molecular weight excluding hydrogens is 290 g/mol. The van der Waals surface area contributed by atoms with E-state index >= 15 is 0 Å². The van der Waals surface area contributed by atoms with Crippen LogP contribution in [0.4, 0.5) is 0 Å². The van der Waals surface area contributed by atoms with Gasteiger partial charge in [-0.2, -0.15) is 5.10 Å². The molecule has 1 N–H and O–H groups in total. The lowest BCUT2D eigenvalue weighted by Gasteiger charge is -2.28. The van der Waals surface area contributed by atoms with Crippen LogP contribution in [-0.4, -0.2) is 45.2 Å². The number of amides is 1. The summed E-state index contributed by atoms with van der Waals surface area (Å²) in [6.07, 6.45) is 3.63. The molecule has 2 aliphatic heterocycles. The van der Waals surface area contributed by atoms with Crippen molar-refractivity contribution in [1.82, 2.24) is 25.0 Å².